The summed E-state index contributed by atoms with van der Waals surface area (Å²) in [4.78, 5) is 11.4. The molecule has 5 aliphatic carbocycles. The Morgan fingerprint density at radius 1 is 1.03 bits per heavy atom. The fourth-order valence-electron chi connectivity index (χ4n) is 11.3. The molecule has 6 fully saturated rings. The van der Waals surface area contributed by atoms with Gasteiger partial charge in [0.1, 0.15) is 6.61 Å². The van der Waals surface area contributed by atoms with E-state index < -0.39 is 6.10 Å². The molecule has 0 amide bonds. The van der Waals surface area contributed by atoms with Gasteiger partial charge in [0, 0.05) is 6.92 Å². The first-order valence-corrected chi connectivity index (χ1v) is 13.6. The molecule has 0 bridgehead atoms. The maximum atomic E-state index is 11.8. The van der Waals surface area contributed by atoms with E-state index >= 15 is 0 Å². The third-order valence-corrected chi connectivity index (χ3v) is 12.5. The summed E-state index contributed by atoms with van der Waals surface area (Å²) in [5.74, 6) is 2.04. The second kappa shape index (κ2) is 6.97. The molecule has 0 radical (unpaired) electrons. The summed E-state index contributed by atoms with van der Waals surface area (Å²) in [7, 11) is 0. The lowest BCUT2D eigenvalue weighted by Crippen LogP contribution is -2.55. The van der Waals surface area contributed by atoms with E-state index in [1.165, 1.54) is 45.4 Å². The third kappa shape index (κ3) is 2.74. The van der Waals surface area contributed by atoms with Crippen molar-refractivity contribution in [2.75, 3.05) is 6.61 Å². The number of rotatable bonds is 2. The molecular formula is C28H44O5. The molecule has 1 saturated heterocycles. The molecule has 5 saturated carbocycles. The molecule has 1 aliphatic heterocycles. The highest BCUT2D eigenvalue weighted by Crippen LogP contribution is 2.87. The van der Waals surface area contributed by atoms with Crippen LogP contribution in [0.2, 0.25) is 0 Å². The Morgan fingerprint density at radius 3 is 2.52 bits per heavy atom. The number of hydrogen-bond donors (Lipinski definition) is 2. The van der Waals surface area contributed by atoms with Crippen LogP contribution in [0.15, 0.2) is 0 Å². The molecule has 12 atom stereocenters. The molecule has 0 aromatic rings. The van der Waals surface area contributed by atoms with E-state index in [0.29, 0.717) is 47.0 Å². The third-order valence-electron chi connectivity index (χ3n) is 12.5. The largest absolute Gasteiger partial charge is 0.463 e. The van der Waals surface area contributed by atoms with Crippen molar-refractivity contribution in [2.45, 2.75) is 110 Å². The number of aliphatic hydroxyl groups excluding tert-OH is 2. The van der Waals surface area contributed by atoms with Crippen molar-refractivity contribution >= 4 is 5.97 Å². The highest BCUT2D eigenvalue weighted by atomic mass is 16.6. The number of hydrogen-bond acceptors (Lipinski definition) is 5. The van der Waals surface area contributed by atoms with Crippen molar-refractivity contribution in [1.82, 2.24) is 0 Å². The van der Waals surface area contributed by atoms with Crippen LogP contribution < -0.4 is 0 Å². The van der Waals surface area contributed by atoms with Crippen LogP contribution >= 0.6 is 0 Å². The Balaban J connectivity index is 1.30. The van der Waals surface area contributed by atoms with Gasteiger partial charge in [-0.05, 0) is 103 Å². The van der Waals surface area contributed by atoms with Crippen LogP contribution in [0.3, 0.4) is 0 Å². The van der Waals surface area contributed by atoms with Crippen LogP contribution in [0, 0.1) is 51.2 Å². The molecule has 5 heteroatoms. The minimum atomic E-state index is -0.429. The number of esters is 1. The van der Waals surface area contributed by atoms with Gasteiger partial charge in [-0.3, -0.25) is 4.79 Å². The van der Waals surface area contributed by atoms with Crippen molar-refractivity contribution in [3.8, 4) is 0 Å². The number of aliphatic hydroxyl groups is 2. The lowest BCUT2D eigenvalue weighted by molar-refractivity contribution is -0.168. The quantitative estimate of drug-likeness (QED) is 0.600. The highest BCUT2D eigenvalue weighted by Gasteiger charge is 2.81. The summed E-state index contributed by atoms with van der Waals surface area (Å²) >= 11 is 0. The molecular weight excluding hydrogens is 416 g/mol. The Morgan fingerprint density at radius 2 is 1.79 bits per heavy atom. The van der Waals surface area contributed by atoms with Gasteiger partial charge in [0.2, 0.25) is 0 Å². The summed E-state index contributed by atoms with van der Waals surface area (Å²) in [6, 6.07) is 0. The minimum Gasteiger partial charge on any atom is -0.463 e. The average molecular weight is 461 g/mol. The standard InChI is InChI=1S/C28H44O5/c1-15-12-17(13-32-16(2)29)33-24-21(15)26(5)10-11-27-14-28(27)9-8-20(30)25(3,4)19(28)7-6-18(27)22(26)23(24)31/h15,17-24,30-31H,6-14H2,1-5H3. The van der Waals surface area contributed by atoms with E-state index in [9.17, 15) is 15.0 Å². The summed E-state index contributed by atoms with van der Waals surface area (Å²) in [6.07, 6.45) is 8.30. The van der Waals surface area contributed by atoms with Gasteiger partial charge in [-0.25, -0.2) is 0 Å². The predicted molar refractivity (Wildman–Crippen MR) is 124 cm³/mol. The molecule has 0 aromatic heterocycles. The van der Waals surface area contributed by atoms with Gasteiger partial charge in [-0.1, -0.05) is 27.7 Å². The van der Waals surface area contributed by atoms with Crippen molar-refractivity contribution in [1.29, 1.82) is 0 Å². The van der Waals surface area contributed by atoms with Gasteiger partial charge in [-0.2, -0.15) is 0 Å². The van der Waals surface area contributed by atoms with Crippen LogP contribution in [0.4, 0.5) is 0 Å². The summed E-state index contributed by atoms with van der Waals surface area (Å²) < 4.78 is 11.8. The highest BCUT2D eigenvalue weighted by molar-refractivity contribution is 5.65. The van der Waals surface area contributed by atoms with Crippen LogP contribution in [-0.4, -0.2) is 47.2 Å². The fourth-order valence-corrected chi connectivity index (χ4v) is 11.3. The molecule has 12 unspecified atom stereocenters. The smallest absolute Gasteiger partial charge is 0.302 e. The van der Waals surface area contributed by atoms with Gasteiger partial charge in [0.15, 0.2) is 0 Å². The first-order chi connectivity index (χ1) is 15.5. The topological polar surface area (TPSA) is 76.0 Å². The van der Waals surface area contributed by atoms with Crippen LogP contribution in [0.5, 0.6) is 0 Å². The number of carbonyl (C=O) groups is 1. The Labute approximate surface area is 199 Å². The zero-order valence-corrected chi connectivity index (χ0v) is 21.2. The van der Waals surface area contributed by atoms with Crippen molar-refractivity contribution < 1.29 is 24.5 Å². The van der Waals surface area contributed by atoms with E-state index in [1.54, 1.807) is 0 Å². The molecule has 186 valence electrons. The van der Waals surface area contributed by atoms with Gasteiger partial charge in [0.25, 0.3) is 0 Å². The van der Waals surface area contributed by atoms with Gasteiger partial charge >= 0.3 is 5.97 Å². The minimum absolute atomic E-state index is 0.00267. The lowest BCUT2D eigenvalue weighted by atomic mass is 9.46. The molecule has 5 nitrogen and oxygen atoms in total. The molecule has 2 spiro atoms. The summed E-state index contributed by atoms with van der Waals surface area (Å²) in [5.41, 5.74) is 0.869. The Bertz CT molecular complexity index is 840. The van der Waals surface area contributed by atoms with Gasteiger partial charge in [-0.15, -0.1) is 0 Å². The fraction of sp³-hybridized carbons (Fsp3) is 0.964. The lowest BCUT2D eigenvalue weighted by Gasteiger charge is -2.59. The number of fused-ring (bicyclic) bond motifs is 4. The molecule has 2 N–H and O–H groups in total. The Hall–Kier alpha value is -0.650. The van der Waals surface area contributed by atoms with Crippen molar-refractivity contribution in [2.24, 2.45) is 51.2 Å². The van der Waals surface area contributed by atoms with Gasteiger partial charge < -0.3 is 19.7 Å². The zero-order chi connectivity index (χ0) is 23.6. The maximum Gasteiger partial charge on any atom is 0.302 e. The van der Waals surface area contributed by atoms with E-state index in [2.05, 4.69) is 27.7 Å². The van der Waals surface area contributed by atoms with E-state index in [4.69, 9.17) is 9.47 Å². The number of carbonyl (C=O) groups excluding carboxylic acids is 1. The zero-order valence-electron chi connectivity index (χ0n) is 21.2. The van der Waals surface area contributed by atoms with Gasteiger partial charge in [0.05, 0.1) is 24.4 Å². The Kier molecular flexibility index (Phi) is 4.82. The molecule has 33 heavy (non-hydrogen) atoms. The summed E-state index contributed by atoms with van der Waals surface area (Å²) in [6.45, 7) is 11.1. The monoisotopic (exact) mass is 460 g/mol. The van der Waals surface area contributed by atoms with Crippen LogP contribution in [0.25, 0.3) is 0 Å². The molecule has 6 rings (SSSR count). The first-order valence-electron chi connectivity index (χ1n) is 13.6. The summed E-state index contributed by atoms with van der Waals surface area (Å²) in [5, 5.41) is 22.7. The van der Waals surface area contributed by atoms with E-state index in [1.807, 2.05) is 0 Å². The molecule has 6 aliphatic rings. The average Bonchev–Trinajstić information content (AvgIpc) is 3.35. The maximum absolute atomic E-state index is 11.8. The van der Waals surface area contributed by atoms with Crippen LogP contribution in [0.1, 0.15) is 86.0 Å². The normalized spacial score (nSPS) is 58.2. The van der Waals surface area contributed by atoms with E-state index in [0.717, 1.165) is 12.8 Å². The number of ether oxygens (including phenoxy) is 2. The van der Waals surface area contributed by atoms with Crippen molar-refractivity contribution in [3.05, 3.63) is 0 Å². The first kappa shape index (κ1) is 22.8. The van der Waals surface area contributed by atoms with Crippen LogP contribution in [-0.2, 0) is 14.3 Å². The second-order valence-electron chi connectivity index (χ2n) is 13.9. The van der Waals surface area contributed by atoms with E-state index in [-0.39, 0.29) is 35.1 Å². The van der Waals surface area contributed by atoms with Crippen molar-refractivity contribution in [3.63, 3.8) is 0 Å². The predicted octanol–water partition coefficient (Wildman–Crippen LogP) is 4.33. The SMILES string of the molecule is CC(=O)OCC1CC(C)C2C(O1)C(O)C1C3CCC4C(C)(C)C(O)CCC45CC35CCC21C. The molecule has 1 heterocycles. The molecule has 0 aromatic carbocycles. The second-order valence-corrected chi connectivity index (χ2v) is 13.9.